The Kier molecular flexibility index (Phi) is 5.89. The lowest BCUT2D eigenvalue weighted by atomic mass is 10.1. The minimum Gasteiger partial charge on any atom is -0.497 e. The predicted molar refractivity (Wildman–Crippen MR) is 106 cm³/mol. The number of aromatic nitrogens is 1. The minimum atomic E-state index is -0.122. The first-order valence-electron chi connectivity index (χ1n) is 8.46. The lowest BCUT2D eigenvalue weighted by Gasteiger charge is -2.09. The van der Waals surface area contributed by atoms with Gasteiger partial charge in [0.05, 0.1) is 32.5 Å². The predicted octanol–water partition coefficient (Wildman–Crippen LogP) is 4.02. The summed E-state index contributed by atoms with van der Waals surface area (Å²) in [5.74, 6) is 1.95. The second-order valence-electron chi connectivity index (χ2n) is 5.86. The number of hydrogen-bond acceptors (Lipinski definition) is 5. The smallest absolute Gasteiger partial charge is 0.229 e. The first kappa shape index (κ1) is 18.3. The molecule has 0 aliphatic heterocycles. The van der Waals surface area contributed by atoms with Crippen LogP contribution in [0, 0.1) is 0 Å². The van der Waals surface area contributed by atoms with Gasteiger partial charge in [0, 0.05) is 5.69 Å². The van der Waals surface area contributed by atoms with E-state index in [1.807, 2.05) is 54.6 Å². The SMILES string of the molecule is COc1ccc(CC(=O)Nc2ccc(Nc3ccc(OC)cc3)cn2)cc1. The summed E-state index contributed by atoms with van der Waals surface area (Å²) in [7, 11) is 3.24. The molecule has 3 rings (SSSR count). The van der Waals surface area contributed by atoms with E-state index in [9.17, 15) is 4.79 Å². The van der Waals surface area contributed by atoms with Crippen molar-refractivity contribution in [1.29, 1.82) is 0 Å². The average molecular weight is 363 g/mol. The van der Waals surface area contributed by atoms with Gasteiger partial charge in [-0.15, -0.1) is 0 Å². The Morgan fingerprint density at radius 1 is 0.852 bits per heavy atom. The second-order valence-corrected chi connectivity index (χ2v) is 5.86. The van der Waals surface area contributed by atoms with Crippen molar-refractivity contribution in [2.45, 2.75) is 6.42 Å². The van der Waals surface area contributed by atoms with Gasteiger partial charge in [0.2, 0.25) is 5.91 Å². The van der Waals surface area contributed by atoms with Crippen molar-refractivity contribution >= 4 is 23.1 Å². The van der Waals surface area contributed by atoms with Crippen molar-refractivity contribution in [2.75, 3.05) is 24.9 Å². The molecular formula is C21H21N3O3. The Labute approximate surface area is 158 Å². The van der Waals surface area contributed by atoms with Gasteiger partial charge in [-0.05, 0) is 54.1 Å². The summed E-state index contributed by atoms with van der Waals surface area (Å²) in [6.07, 6.45) is 1.95. The molecule has 0 saturated heterocycles. The molecule has 2 aromatic carbocycles. The van der Waals surface area contributed by atoms with E-state index in [-0.39, 0.29) is 12.3 Å². The zero-order valence-corrected chi connectivity index (χ0v) is 15.2. The lowest BCUT2D eigenvalue weighted by Crippen LogP contribution is -2.15. The van der Waals surface area contributed by atoms with Crippen LogP contribution in [0.4, 0.5) is 17.2 Å². The highest BCUT2D eigenvalue weighted by molar-refractivity contribution is 5.91. The Morgan fingerprint density at radius 2 is 1.44 bits per heavy atom. The third-order valence-corrected chi connectivity index (χ3v) is 3.93. The van der Waals surface area contributed by atoms with Crippen LogP contribution in [0.15, 0.2) is 66.9 Å². The number of nitrogens with zero attached hydrogens (tertiary/aromatic N) is 1. The molecule has 0 unspecified atom stereocenters. The van der Waals surface area contributed by atoms with Crippen LogP contribution < -0.4 is 20.1 Å². The van der Waals surface area contributed by atoms with Gasteiger partial charge in [-0.3, -0.25) is 4.79 Å². The van der Waals surface area contributed by atoms with Gasteiger partial charge < -0.3 is 20.1 Å². The van der Waals surface area contributed by atoms with Crippen molar-refractivity contribution in [3.05, 3.63) is 72.4 Å². The molecule has 1 amide bonds. The van der Waals surface area contributed by atoms with Crippen LogP contribution in [0.3, 0.4) is 0 Å². The minimum absolute atomic E-state index is 0.122. The van der Waals surface area contributed by atoms with Crippen molar-refractivity contribution < 1.29 is 14.3 Å². The zero-order chi connectivity index (χ0) is 19.1. The van der Waals surface area contributed by atoms with Crippen LogP contribution in [-0.2, 0) is 11.2 Å². The highest BCUT2D eigenvalue weighted by atomic mass is 16.5. The van der Waals surface area contributed by atoms with E-state index in [0.717, 1.165) is 28.4 Å². The van der Waals surface area contributed by atoms with Crippen molar-refractivity contribution in [3.8, 4) is 11.5 Å². The number of hydrogen-bond donors (Lipinski definition) is 2. The highest BCUT2D eigenvalue weighted by Crippen LogP contribution is 2.20. The first-order chi connectivity index (χ1) is 13.2. The zero-order valence-electron chi connectivity index (χ0n) is 15.2. The molecule has 1 aromatic heterocycles. The second kappa shape index (κ2) is 8.71. The number of nitrogens with one attached hydrogen (secondary N) is 2. The van der Waals surface area contributed by atoms with E-state index in [1.54, 1.807) is 26.5 Å². The lowest BCUT2D eigenvalue weighted by molar-refractivity contribution is -0.115. The van der Waals surface area contributed by atoms with Crippen LogP contribution in [0.1, 0.15) is 5.56 Å². The number of amides is 1. The summed E-state index contributed by atoms with van der Waals surface area (Å²) in [5.41, 5.74) is 2.66. The Balaban J connectivity index is 1.55. The van der Waals surface area contributed by atoms with Crippen LogP contribution in [-0.4, -0.2) is 25.1 Å². The summed E-state index contributed by atoms with van der Waals surface area (Å²) in [4.78, 5) is 16.4. The van der Waals surface area contributed by atoms with E-state index >= 15 is 0 Å². The number of benzene rings is 2. The van der Waals surface area contributed by atoms with Gasteiger partial charge in [-0.25, -0.2) is 4.98 Å². The standard InChI is InChI=1S/C21H21N3O3/c1-26-18-8-3-15(4-9-18)13-21(25)24-20-12-7-17(14-22-20)23-16-5-10-19(27-2)11-6-16/h3-12,14,23H,13H2,1-2H3,(H,22,24,25). The third kappa shape index (κ3) is 5.22. The molecule has 0 atom stereocenters. The quantitative estimate of drug-likeness (QED) is 0.663. The molecule has 0 aliphatic carbocycles. The van der Waals surface area contributed by atoms with E-state index in [1.165, 1.54) is 0 Å². The van der Waals surface area contributed by atoms with Gasteiger partial charge in [-0.2, -0.15) is 0 Å². The maximum absolute atomic E-state index is 12.2. The number of rotatable bonds is 7. The van der Waals surface area contributed by atoms with Crippen molar-refractivity contribution in [2.24, 2.45) is 0 Å². The monoisotopic (exact) mass is 363 g/mol. The normalized spacial score (nSPS) is 10.1. The van der Waals surface area contributed by atoms with Gasteiger partial charge in [-0.1, -0.05) is 12.1 Å². The molecule has 2 N–H and O–H groups in total. The van der Waals surface area contributed by atoms with E-state index in [2.05, 4.69) is 15.6 Å². The van der Waals surface area contributed by atoms with E-state index in [4.69, 9.17) is 9.47 Å². The van der Waals surface area contributed by atoms with Gasteiger partial charge in [0.25, 0.3) is 0 Å². The summed E-state index contributed by atoms with van der Waals surface area (Å²) in [6, 6.07) is 18.6. The van der Waals surface area contributed by atoms with Crippen LogP contribution in [0.5, 0.6) is 11.5 Å². The summed E-state index contributed by atoms with van der Waals surface area (Å²) in [5, 5.41) is 6.04. The third-order valence-electron chi connectivity index (χ3n) is 3.93. The Hall–Kier alpha value is -3.54. The topological polar surface area (TPSA) is 72.5 Å². The van der Waals surface area contributed by atoms with Gasteiger partial charge >= 0.3 is 0 Å². The van der Waals surface area contributed by atoms with Crippen molar-refractivity contribution in [1.82, 2.24) is 4.98 Å². The molecule has 0 bridgehead atoms. The van der Waals surface area contributed by atoms with Gasteiger partial charge in [0.1, 0.15) is 17.3 Å². The molecule has 1 heterocycles. The molecule has 0 fully saturated rings. The van der Waals surface area contributed by atoms with Crippen LogP contribution in [0.2, 0.25) is 0 Å². The number of carbonyl (C=O) groups is 1. The maximum Gasteiger partial charge on any atom is 0.229 e. The Bertz CT molecular complexity index is 876. The van der Waals surface area contributed by atoms with E-state index in [0.29, 0.717) is 5.82 Å². The largest absolute Gasteiger partial charge is 0.497 e. The molecule has 0 saturated carbocycles. The summed E-state index contributed by atoms with van der Waals surface area (Å²) < 4.78 is 10.3. The molecule has 138 valence electrons. The number of ether oxygens (including phenoxy) is 2. The fourth-order valence-electron chi connectivity index (χ4n) is 2.50. The molecule has 0 aliphatic rings. The molecule has 0 spiro atoms. The summed E-state index contributed by atoms with van der Waals surface area (Å²) >= 11 is 0. The maximum atomic E-state index is 12.2. The molecule has 3 aromatic rings. The molecule has 6 nitrogen and oxygen atoms in total. The summed E-state index contributed by atoms with van der Waals surface area (Å²) in [6.45, 7) is 0. The van der Waals surface area contributed by atoms with Gasteiger partial charge in [0.15, 0.2) is 0 Å². The van der Waals surface area contributed by atoms with Crippen LogP contribution >= 0.6 is 0 Å². The molecule has 0 radical (unpaired) electrons. The Morgan fingerprint density at radius 3 is 2.00 bits per heavy atom. The number of pyridine rings is 1. The average Bonchev–Trinajstić information content (AvgIpc) is 2.70. The number of methoxy groups -OCH3 is 2. The highest BCUT2D eigenvalue weighted by Gasteiger charge is 2.06. The van der Waals surface area contributed by atoms with Crippen LogP contribution in [0.25, 0.3) is 0 Å². The number of carbonyl (C=O) groups excluding carboxylic acids is 1. The van der Waals surface area contributed by atoms with Crippen molar-refractivity contribution in [3.63, 3.8) is 0 Å². The molecule has 6 heteroatoms. The van der Waals surface area contributed by atoms with E-state index < -0.39 is 0 Å². The fraction of sp³-hybridized carbons (Fsp3) is 0.143. The first-order valence-corrected chi connectivity index (χ1v) is 8.46. The number of anilines is 3. The molecule has 27 heavy (non-hydrogen) atoms. The fourth-order valence-corrected chi connectivity index (χ4v) is 2.50. The molecular weight excluding hydrogens is 342 g/mol.